The van der Waals surface area contributed by atoms with Crippen molar-refractivity contribution in [2.75, 3.05) is 31.3 Å². The van der Waals surface area contributed by atoms with E-state index in [0.717, 1.165) is 20.3 Å². The summed E-state index contributed by atoms with van der Waals surface area (Å²) < 4.78 is 40.8. The van der Waals surface area contributed by atoms with Gasteiger partial charge in [-0.25, -0.2) is 0 Å². The van der Waals surface area contributed by atoms with Crippen molar-refractivity contribution in [2.24, 2.45) is 0 Å². The number of para-hydroxylation sites is 1. The van der Waals surface area contributed by atoms with Crippen molar-refractivity contribution in [3.63, 3.8) is 0 Å². The maximum atomic E-state index is 11.7. The van der Waals surface area contributed by atoms with Gasteiger partial charge in [0.1, 0.15) is 4.70 Å². The highest BCUT2D eigenvalue weighted by atomic mass is 35.5. The predicted octanol–water partition coefficient (Wildman–Crippen LogP) is 4.26. The van der Waals surface area contributed by atoms with Crippen molar-refractivity contribution >= 4 is 78.4 Å². The van der Waals surface area contributed by atoms with E-state index in [0.29, 0.717) is 33.7 Å². The molecule has 0 amide bonds. The van der Waals surface area contributed by atoms with Gasteiger partial charge in [-0.2, -0.15) is 13.0 Å². The molecule has 1 aliphatic rings. The van der Waals surface area contributed by atoms with E-state index in [4.69, 9.17) is 33.0 Å². The van der Waals surface area contributed by atoms with Crippen molar-refractivity contribution in [2.45, 2.75) is 10.8 Å². The first kappa shape index (κ1) is 23.8. The zero-order valence-corrected chi connectivity index (χ0v) is 20.5. The van der Waals surface area contributed by atoms with Gasteiger partial charge in [-0.15, -0.1) is 0 Å². The zero-order valence-electron chi connectivity index (χ0n) is 16.6. The number of aromatic nitrogens is 1. The second kappa shape index (κ2) is 9.86. The van der Waals surface area contributed by atoms with E-state index in [2.05, 4.69) is 0 Å². The van der Waals surface area contributed by atoms with Gasteiger partial charge < -0.3 is 14.7 Å². The lowest BCUT2D eigenvalue weighted by molar-refractivity contribution is -0.649. The summed E-state index contributed by atoms with van der Waals surface area (Å²) in [7, 11) is -4.25. The van der Waals surface area contributed by atoms with Gasteiger partial charge in [0.2, 0.25) is 5.52 Å². The van der Waals surface area contributed by atoms with Crippen LogP contribution in [-0.4, -0.2) is 44.4 Å². The minimum atomic E-state index is -4.25. The number of fused-ring (bicyclic) bond motifs is 2. The average Bonchev–Trinajstić information content (AvgIpc) is 3.23. The zero-order chi connectivity index (χ0) is 22.9. The Morgan fingerprint density at radius 2 is 1.91 bits per heavy atom. The minimum absolute atomic E-state index is 0.0626. The number of nitrogens with zero attached hydrogens (tertiary/aromatic N) is 2. The first-order valence-electron chi connectivity index (χ1n) is 9.48. The van der Waals surface area contributed by atoms with Crippen molar-refractivity contribution in [1.29, 1.82) is 0 Å². The van der Waals surface area contributed by atoms with Gasteiger partial charge >= 0.3 is 10.1 Å². The van der Waals surface area contributed by atoms with E-state index in [1.807, 2.05) is 35.2 Å². The third kappa shape index (κ3) is 5.23. The Morgan fingerprint density at radius 3 is 2.66 bits per heavy atom. The molecule has 0 atom stereocenters. The second-order valence-corrected chi connectivity index (χ2v) is 11.2. The Bertz CT molecular complexity index is 1290. The van der Waals surface area contributed by atoms with Crippen LogP contribution in [0.3, 0.4) is 0 Å². The molecule has 2 heterocycles. The normalized spacial score (nSPS) is 15.1. The molecule has 0 bridgehead atoms. The Labute approximate surface area is 203 Å². The number of hydrogen-bond donors (Lipinski definition) is 2. The number of thioether (sulfide) groups is 1. The van der Waals surface area contributed by atoms with Crippen LogP contribution in [0.4, 0.5) is 5.69 Å². The third-order valence-corrected chi connectivity index (χ3v) is 8.16. The van der Waals surface area contributed by atoms with Gasteiger partial charge in [-0.1, -0.05) is 58.4 Å². The average molecular weight is 534 g/mol. The molecule has 2 N–H and O–H groups in total. The number of rotatable bonds is 8. The molecule has 2 aromatic carbocycles. The van der Waals surface area contributed by atoms with Crippen LogP contribution in [0, 0.1) is 0 Å². The summed E-state index contributed by atoms with van der Waals surface area (Å²) in [6, 6.07) is 11.0. The minimum Gasteiger partial charge on any atom is -0.394 e. The van der Waals surface area contributed by atoms with Crippen LogP contribution in [0.15, 0.2) is 46.3 Å². The van der Waals surface area contributed by atoms with E-state index >= 15 is 0 Å². The molecule has 0 aliphatic carbocycles. The number of aliphatic hydroxyl groups excluding tert-OH is 1. The standard InChI is InChI=1S/C20H18Cl2N2O5S3/c21-13-9-16-18(10-14(13)22)31-19(23(16)5-7-29-8-6-25)11-20-24(12-32(26,27)28)15-3-1-2-4-17(15)30-20/h1-4,9-11,25H,5-8,12H2/p+1. The second-order valence-electron chi connectivity index (χ2n) is 6.85. The molecular weight excluding hydrogens is 515 g/mol. The fourth-order valence-electron chi connectivity index (χ4n) is 3.32. The number of aliphatic hydroxyl groups is 1. The van der Waals surface area contributed by atoms with Gasteiger partial charge in [-0.3, -0.25) is 4.55 Å². The number of benzene rings is 2. The fraction of sp³-hybridized carbons (Fsp3) is 0.250. The topological polar surface area (TPSA) is 91.0 Å². The number of anilines is 1. The van der Waals surface area contributed by atoms with E-state index in [9.17, 15) is 13.0 Å². The molecule has 0 unspecified atom stereocenters. The maximum Gasteiger partial charge on any atom is 0.326 e. The summed E-state index contributed by atoms with van der Waals surface area (Å²) in [5.41, 5.74) is 1.58. The monoisotopic (exact) mass is 533 g/mol. The van der Waals surface area contributed by atoms with E-state index in [-0.39, 0.29) is 13.2 Å². The summed E-state index contributed by atoms with van der Waals surface area (Å²) in [5, 5.41) is 11.3. The van der Waals surface area contributed by atoms with Gasteiger partial charge in [0.05, 0.1) is 46.7 Å². The number of ether oxygens (including phenoxy) is 1. The van der Waals surface area contributed by atoms with Crippen LogP contribution < -0.4 is 9.47 Å². The van der Waals surface area contributed by atoms with Crippen LogP contribution in [0.1, 0.15) is 5.01 Å². The summed E-state index contributed by atoms with van der Waals surface area (Å²) in [6.45, 7) is 1.04. The Morgan fingerprint density at radius 1 is 1.16 bits per heavy atom. The van der Waals surface area contributed by atoms with Crippen LogP contribution in [0.25, 0.3) is 16.3 Å². The van der Waals surface area contributed by atoms with Crippen LogP contribution in [-0.2, 0) is 20.7 Å². The molecular formula is C20H19Cl2N2O5S3+. The van der Waals surface area contributed by atoms with E-state index in [1.165, 1.54) is 23.1 Å². The quantitative estimate of drug-likeness (QED) is 0.254. The first-order valence-corrected chi connectivity index (χ1v) is 13.5. The van der Waals surface area contributed by atoms with Gasteiger partial charge in [-0.05, 0) is 18.2 Å². The highest BCUT2D eigenvalue weighted by Gasteiger charge is 2.30. The molecule has 0 saturated heterocycles. The maximum absolute atomic E-state index is 11.7. The molecule has 7 nitrogen and oxygen atoms in total. The van der Waals surface area contributed by atoms with Crippen LogP contribution in [0.5, 0.6) is 0 Å². The molecule has 3 aromatic rings. The lowest BCUT2D eigenvalue weighted by Crippen LogP contribution is -2.39. The molecule has 0 saturated carbocycles. The highest BCUT2D eigenvalue weighted by molar-refractivity contribution is 8.04. The van der Waals surface area contributed by atoms with Gasteiger partial charge in [0, 0.05) is 17.5 Å². The summed E-state index contributed by atoms with van der Waals surface area (Å²) in [6.07, 6.45) is 1.88. The van der Waals surface area contributed by atoms with Crippen LogP contribution in [0.2, 0.25) is 10.0 Å². The Hall–Kier alpha value is -1.37. The molecule has 0 fully saturated rings. The van der Waals surface area contributed by atoms with Gasteiger partial charge in [0.15, 0.2) is 0 Å². The number of thiazole rings is 1. The molecule has 170 valence electrons. The number of hydrogen-bond acceptors (Lipinski definition) is 7. The smallest absolute Gasteiger partial charge is 0.326 e. The Balaban J connectivity index is 1.77. The highest BCUT2D eigenvalue weighted by Crippen LogP contribution is 2.49. The lowest BCUT2D eigenvalue weighted by atomic mass is 10.3. The van der Waals surface area contributed by atoms with Crippen molar-refractivity contribution in [3.05, 3.63) is 56.5 Å². The predicted molar refractivity (Wildman–Crippen MR) is 129 cm³/mol. The summed E-state index contributed by atoms with van der Waals surface area (Å²) in [5.74, 6) is -0.551. The molecule has 1 aromatic heterocycles. The fourth-order valence-corrected chi connectivity index (χ4v) is 6.71. The number of halogens is 2. The lowest BCUT2D eigenvalue weighted by Gasteiger charge is -2.20. The van der Waals surface area contributed by atoms with Crippen molar-refractivity contribution < 1.29 is 27.4 Å². The largest absolute Gasteiger partial charge is 0.394 e. The molecule has 1 aliphatic heterocycles. The first-order chi connectivity index (χ1) is 15.3. The molecule has 32 heavy (non-hydrogen) atoms. The van der Waals surface area contributed by atoms with Gasteiger partial charge in [0.25, 0.3) is 10.9 Å². The SMILES string of the molecule is O=S(=O)(O)C[n+]1c(C=C2Sc3cc(Cl)c(Cl)cc3N2CCOCCO)sc2ccccc21. The Kier molecular flexibility index (Phi) is 7.33. The van der Waals surface area contributed by atoms with E-state index in [1.54, 1.807) is 16.7 Å². The molecule has 0 spiro atoms. The molecule has 4 rings (SSSR count). The van der Waals surface area contributed by atoms with E-state index < -0.39 is 16.0 Å². The third-order valence-electron chi connectivity index (χ3n) is 4.64. The van der Waals surface area contributed by atoms with Crippen LogP contribution >= 0.6 is 46.3 Å². The van der Waals surface area contributed by atoms with Crippen molar-refractivity contribution in [3.8, 4) is 0 Å². The molecule has 12 heteroatoms. The molecule has 0 radical (unpaired) electrons. The van der Waals surface area contributed by atoms with Crippen molar-refractivity contribution in [1.82, 2.24) is 0 Å². The summed E-state index contributed by atoms with van der Waals surface area (Å²) in [4.78, 5) is 2.93. The summed E-state index contributed by atoms with van der Waals surface area (Å²) >= 11 is 15.4.